The van der Waals surface area contributed by atoms with E-state index in [4.69, 9.17) is 9.26 Å². The highest BCUT2D eigenvalue weighted by molar-refractivity contribution is 5.95. The van der Waals surface area contributed by atoms with Crippen LogP contribution in [0.2, 0.25) is 0 Å². The van der Waals surface area contributed by atoms with Crippen LogP contribution in [0.4, 0.5) is 10.1 Å². The number of aryl methyl sites for hydroxylation is 1. The number of benzene rings is 2. The molecule has 0 radical (unpaired) electrons. The number of carbonyl (C=O) groups excluding carboxylic acids is 1. The van der Waals surface area contributed by atoms with E-state index in [9.17, 15) is 14.0 Å². The van der Waals surface area contributed by atoms with E-state index in [1.165, 1.54) is 18.2 Å². The Hall–Kier alpha value is -4.01. The van der Waals surface area contributed by atoms with Crippen molar-refractivity contribution >= 4 is 22.5 Å². The number of carbonyl (C=O) groups is 1. The van der Waals surface area contributed by atoms with E-state index < -0.39 is 23.3 Å². The standard InChI is InChI=1S/C23H21FN4O4/c1-4-18(22(29)25-17-8-6-5-7-16(17)24)28-23(30)21-19(13(2)32-27-21)20(26-28)14-9-11-15(31-3)12-10-14/h5-12,18H,4H2,1-3H3,(H,25,29)/t18-/m1/s1. The molecule has 2 heterocycles. The normalized spacial score (nSPS) is 12.0. The Kier molecular flexibility index (Phi) is 5.72. The van der Waals surface area contributed by atoms with Crippen LogP contribution in [0.15, 0.2) is 57.8 Å². The van der Waals surface area contributed by atoms with E-state index in [0.29, 0.717) is 28.2 Å². The van der Waals surface area contributed by atoms with Gasteiger partial charge < -0.3 is 14.6 Å². The maximum Gasteiger partial charge on any atom is 0.297 e. The van der Waals surface area contributed by atoms with Gasteiger partial charge in [-0.15, -0.1) is 0 Å². The van der Waals surface area contributed by atoms with E-state index in [2.05, 4.69) is 15.6 Å². The van der Waals surface area contributed by atoms with Gasteiger partial charge in [0.05, 0.1) is 18.2 Å². The minimum atomic E-state index is -0.986. The van der Waals surface area contributed by atoms with Gasteiger partial charge >= 0.3 is 0 Å². The second-order valence-corrected chi connectivity index (χ2v) is 7.18. The Morgan fingerprint density at radius 1 is 1.22 bits per heavy atom. The molecule has 0 aliphatic carbocycles. The molecule has 0 spiro atoms. The SMILES string of the molecule is CC[C@H](C(=O)Nc1ccccc1F)n1nc(-c2ccc(OC)cc2)c2c(C)onc2c1=O. The van der Waals surface area contributed by atoms with E-state index in [0.717, 1.165) is 4.68 Å². The number of amides is 1. The van der Waals surface area contributed by atoms with Gasteiger partial charge in [-0.25, -0.2) is 9.07 Å². The van der Waals surface area contributed by atoms with Crippen molar-refractivity contribution in [2.24, 2.45) is 0 Å². The van der Waals surface area contributed by atoms with Gasteiger partial charge in [0.15, 0.2) is 5.52 Å². The molecule has 0 saturated heterocycles. The number of fused-ring (bicyclic) bond motifs is 1. The van der Waals surface area contributed by atoms with Crippen molar-refractivity contribution in [2.45, 2.75) is 26.3 Å². The molecule has 0 unspecified atom stereocenters. The van der Waals surface area contributed by atoms with Crippen molar-refractivity contribution in [1.82, 2.24) is 14.9 Å². The van der Waals surface area contributed by atoms with E-state index in [1.807, 2.05) is 0 Å². The molecule has 0 fully saturated rings. The second kappa shape index (κ2) is 8.62. The first-order valence-electron chi connectivity index (χ1n) is 10.0. The van der Waals surface area contributed by atoms with Crippen LogP contribution in [0.1, 0.15) is 25.1 Å². The molecule has 9 heteroatoms. The molecule has 0 bridgehead atoms. The summed E-state index contributed by atoms with van der Waals surface area (Å²) in [6.07, 6.45) is 0.248. The van der Waals surface area contributed by atoms with E-state index >= 15 is 0 Å². The number of methoxy groups -OCH3 is 1. The molecular weight excluding hydrogens is 415 g/mol. The number of aromatic nitrogens is 3. The third-order valence-electron chi connectivity index (χ3n) is 5.20. The molecule has 1 N–H and O–H groups in total. The summed E-state index contributed by atoms with van der Waals surface area (Å²) in [5.74, 6) is -0.0348. The number of rotatable bonds is 6. The lowest BCUT2D eigenvalue weighted by Gasteiger charge is -2.18. The molecule has 8 nitrogen and oxygen atoms in total. The van der Waals surface area contributed by atoms with Gasteiger partial charge in [-0.3, -0.25) is 9.59 Å². The predicted octanol–water partition coefficient (Wildman–Crippen LogP) is 4.10. The third kappa shape index (κ3) is 3.73. The highest BCUT2D eigenvalue weighted by Crippen LogP contribution is 2.29. The molecule has 4 aromatic rings. The van der Waals surface area contributed by atoms with Crippen LogP contribution in [-0.2, 0) is 4.79 Å². The van der Waals surface area contributed by atoms with Crippen LogP contribution in [0, 0.1) is 12.7 Å². The topological polar surface area (TPSA) is 99.2 Å². The van der Waals surface area contributed by atoms with Gasteiger partial charge in [-0.05, 0) is 49.7 Å². The zero-order valence-electron chi connectivity index (χ0n) is 17.8. The zero-order valence-corrected chi connectivity index (χ0v) is 17.8. The Morgan fingerprint density at radius 2 is 1.94 bits per heavy atom. The summed E-state index contributed by atoms with van der Waals surface area (Å²) >= 11 is 0. The lowest BCUT2D eigenvalue weighted by Crippen LogP contribution is -2.35. The molecule has 1 amide bonds. The van der Waals surface area contributed by atoms with Crippen LogP contribution >= 0.6 is 0 Å². The first-order chi connectivity index (χ1) is 15.4. The van der Waals surface area contributed by atoms with Crippen LogP contribution < -0.4 is 15.6 Å². The summed E-state index contributed by atoms with van der Waals surface area (Å²) in [5.41, 5.74) is 0.668. The second-order valence-electron chi connectivity index (χ2n) is 7.18. The van der Waals surface area contributed by atoms with Crippen molar-refractivity contribution in [1.29, 1.82) is 0 Å². The summed E-state index contributed by atoms with van der Waals surface area (Å²) in [6, 6.07) is 12.0. The first-order valence-corrected chi connectivity index (χ1v) is 10.0. The third-order valence-corrected chi connectivity index (χ3v) is 5.20. The number of para-hydroxylation sites is 1. The van der Waals surface area contributed by atoms with Gasteiger partial charge in [0, 0.05) is 5.56 Å². The van der Waals surface area contributed by atoms with Gasteiger partial charge in [-0.2, -0.15) is 5.10 Å². The number of anilines is 1. The van der Waals surface area contributed by atoms with Crippen LogP contribution in [0.3, 0.4) is 0 Å². The molecule has 0 aliphatic rings. The average molecular weight is 436 g/mol. The average Bonchev–Trinajstić information content (AvgIpc) is 3.19. The van der Waals surface area contributed by atoms with Crippen molar-refractivity contribution in [3.05, 3.63) is 70.5 Å². The number of nitrogens with zero attached hydrogens (tertiary/aromatic N) is 3. The van der Waals surface area contributed by atoms with Crippen LogP contribution in [-0.4, -0.2) is 28.0 Å². The molecule has 32 heavy (non-hydrogen) atoms. The smallest absolute Gasteiger partial charge is 0.297 e. The number of hydrogen-bond donors (Lipinski definition) is 1. The first kappa shape index (κ1) is 21.2. The van der Waals surface area contributed by atoms with E-state index in [-0.39, 0.29) is 17.6 Å². The van der Waals surface area contributed by atoms with Crippen LogP contribution in [0.5, 0.6) is 5.75 Å². The fourth-order valence-corrected chi connectivity index (χ4v) is 3.52. The lowest BCUT2D eigenvalue weighted by molar-refractivity contribution is -0.119. The quantitative estimate of drug-likeness (QED) is 0.489. The summed E-state index contributed by atoms with van der Waals surface area (Å²) in [5, 5.41) is 11.4. The number of nitrogens with one attached hydrogen (secondary N) is 1. The Balaban J connectivity index is 1.84. The van der Waals surface area contributed by atoms with Gasteiger partial charge in [0.1, 0.15) is 29.1 Å². The van der Waals surface area contributed by atoms with Crippen molar-refractivity contribution in [2.75, 3.05) is 12.4 Å². The maximum absolute atomic E-state index is 14.0. The summed E-state index contributed by atoms with van der Waals surface area (Å²) in [4.78, 5) is 26.1. The summed E-state index contributed by atoms with van der Waals surface area (Å²) in [7, 11) is 1.57. The van der Waals surface area contributed by atoms with Crippen LogP contribution in [0.25, 0.3) is 22.2 Å². The molecule has 1 atom stereocenters. The fourth-order valence-electron chi connectivity index (χ4n) is 3.52. The summed E-state index contributed by atoms with van der Waals surface area (Å²) in [6.45, 7) is 3.43. The predicted molar refractivity (Wildman–Crippen MR) is 117 cm³/mol. The zero-order chi connectivity index (χ0) is 22.8. The van der Waals surface area contributed by atoms with Gasteiger partial charge in [-0.1, -0.05) is 24.2 Å². The molecule has 2 aromatic carbocycles. The monoisotopic (exact) mass is 436 g/mol. The number of halogens is 1. The van der Waals surface area contributed by atoms with Crippen molar-refractivity contribution < 1.29 is 18.4 Å². The molecule has 0 aliphatic heterocycles. The fraction of sp³-hybridized carbons (Fsp3) is 0.217. The lowest BCUT2D eigenvalue weighted by atomic mass is 10.1. The largest absolute Gasteiger partial charge is 0.497 e. The Morgan fingerprint density at radius 3 is 2.59 bits per heavy atom. The summed E-state index contributed by atoms with van der Waals surface area (Å²) < 4.78 is 25.6. The highest BCUT2D eigenvalue weighted by Gasteiger charge is 2.26. The maximum atomic E-state index is 14.0. The molecular formula is C23H21FN4O4. The molecule has 164 valence electrons. The number of hydrogen-bond acceptors (Lipinski definition) is 6. The van der Waals surface area contributed by atoms with Crippen molar-refractivity contribution in [3.8, 4) is 17.0 Å². The minimum Gasteiger partial charge on any atom is -0.497 e. The molecule has 4 rings (SSSR count). The van der Waals surface area contributed by atoms with Crippen molar-refractivity contribution in [3.63, 3.8) is 0 Å². The molecule has 0 saturated carbocycles. The minimum absolute atomic E-state index is 0.0257. The van der Waals surface area contributed by atoms with Gasteiger partial charge in [0.2, 0.25) is 5.91 Å². The Labute approximate surface area is 182 Å². The Bertz CT molecular complexity index is 1340. The van der Waals surface area contributed by atoms with E-state index in [1.54, 1.807) is 51.3 Å². The highest BCUT2D eigenvalue weighted by atomic mass is 19.1. The molecule has 2 aromatic heterocycles. The number of ether oxygens (including phenoxy) is 1. The van der Waals surface area contributed by atoms with Gasteiger partial charge in [0.25, 0.3) is 5.56 Å².